The van der Waals surface area contributed by atoms with Gasteiger partial charge in [-0.15, -0.1) is 0 Å². The second-order valence-corrected chi connectivity index (χ2v) is 6.68. The van der Waals surface area contributed by atoms with Crippen molar-refractivity contribution in [2.75, 3.05) is 5.43 Å². The lowest BCUT2D eigenvalue weighted by molar-refractivity contribution is 1.35. The Labute approximate surface area is 168 Å². The maximum Gasteiger partial charge on any atom is 0.101 e. The first-order chi connectivity index (χ1) is 14.2. The van der Waals surface area contributed by atoms with Crippen molar-refractivity contribution in [3.8, 4) is 23.4 Å². The van der Waals surface area contributed by atoms with Gasteiger partial charge in [-0.05, 0) is 36.8 Å². The molecule has 0 unspecified atom stereocenters. The highest BCUT2D eigenvalue weighted by molar-refractivity contribution is 6.06. The summed E-state index contributed by atoms with van der Waals surface area (Å²) >= 11 is 0. The van der Waals surface area contributed by atoms with E-state index in [0.29, 0.717) is 11.1 Å². The van der Waals surface area contributed by atoms with E-state index in [9.17, 15) is 10.5 Å². The van der Waals surface area contributed by atoms with E-state index in [1.807, 2.05) is 61.5 Å². The molecule has 138 valence electrons. The Morgan fingerprint density at radius 3 is 2.31 bits per heavy atom. The molecule has 4 aromatic rings. The van der Waals surface area contributed by atoms with Crippen LogP contribution in [-0.2, 0) is 0 Å². The van der Waals surface area contributed by atoms with E-state index in [2.05, 4.69) is 27.6 Å². The van der Waals surface area contributed by atoms with Crippen LogP contribution in [0.15, 0.2) is 71.8 Å². The SMILES string of the molecule is Cc1ccc(-c2[nH]c3cc(C#N)c(C#N)cc3c2C=NNc2ccccc2)cc1. The molecular weight excluding hydrogens is 358 g/mol. The van der Waals surface area contributed by atoms with Crippen molar-refractivity contribution in [3.05, 3.63) is 89.0 Å². The van der Waals surface area contributed by atoms with Gasteiger partial charge in [0.15, 0.2) is 0 Å². The van der Waals surface area contributed by atoms with Gasteiger partial charge < -0.3 is 4.98 Å². The number of hydrogen-bond acceptors (Lipinski definition) is 4. The third kappa shape index (κ3) is 3.58. The summed E-state index contributed by atoms with van der Waals surface area (Å²) in [5, 5.41) is 24.0. The van der Waals surface area contributed by atoms with Crippen LogP contribution < -0.4 is 5.43 Å². The number of aryl methyl sites for hydroxylation is 1. The van der Waals surface area contributed by atoms with Crippen molar-refractivity contribution in [2.45, 2.75) is 6.92 Å². The fraction of sp³-hybridized carbons (Fsp3) is 0.0417. The number of benzene rings is 3. The van der Waals surface area contributed by atoms with E-state index in [1.54, 1.807) is 18.3 Å². The average Bonchev–Trinajstić information content (AvgIpc) is 3.11. The van der Waals surface area contributed by atoms with Crippen LogP contribution in [0.1, 0.15) is 22.3 Å². The van der Waals surface area contributed by atoms with Crippen LogP contribution in [0.4, 0.5) is 5.69 Å². The lowest BCUT2D eigenvalue weighted by Crippen LogP contribution is -1.92. The number of hydrazone groups is 1. The summed E-state index contributed by atoms with van der Waals surface area (Å²) in [4.78, 5) is 3.40. The summed E-state index contributed by atoms with van der Waals surface area (Å²) in [6.45, 7) is 2.04. The number of fused-ring (bicyclic) bond motifs is 1. The van der Waals surface area contributed by atoms with Gasteiger partial charge in [0, 0.05) is 16.5 Å². The molecule has 0 bridgehead atoms. The van der Waals surface area contributed by atoms with E-state index >= 15 is 0 Å². The fourth-order valence-electron chi connectivity index (χ4n) is 3.21. The summed E-state index contributed by atoms with van der Waals surface area (Å²) in [5.41, 5.74) is 9.31. The predicted molar refractivity (Wildman–Crippen MR) is 116 cm³/mol. The largest absolute Gasteiger partial charge is 0.354 e. The van der Waals surface area contributed by atoms with Gasteiger partial charge in [0.25, 0.3) is 0 Å². The molecule has 0 aliphatic rings. The van der Waals surface area contributed by atoms with Crippen LogP contribution in [0.5, 0.6) is 0 Å². The Hall–Kier alpha value is -4.35. The molecule has 0 atom stereocenters. The fourth-order valence-corrected chi connectivity index (χ4v) is 3.21. The first kappa shape index (κ1) is 18.0. The second-order valence-electron chi connectivity index (χ2n) is 6.68. The van der Waals surface area contributed by atoms with Gasteiger partial charge in [-0.25, -0.2) is 0 Å². The van der Waals surface area contributed by atoms with Gasteiger partial charge in [0.1, 0.15) is 12.1 Å². The third-order valence-electron chi connectivity index (χ3n) is 4.72. The molecule has 0 radical (unpaired) electrons. The normalized spacial score (nSPS) is 10.7. The van der Waals surface area contributed by atoms with Gasteiger partial charge in [0.2, 0.25) is 0 Å². The number of aromatic amines is 1. The molecule has 0 amide bonds. The van der Waals surface area contributed by atoms with Crippen molar-refractivity contribution in [1.29, 1.82) is 10.5 Å². The average molecular weight is 375 g/mol. The van der Waals surface area contributed by atoms with Crippen molar-refractivity contribution in [1.82, 2.24) is 4.98 Å². The van der Waals surface area contributed by atoms with Crippen LogP contribution >= 0.6 is 0 Å². The zero-order valence-corrected chi connectivity index (χ0v) is 15.8. The summed E-state index contributed by atoms with van der Waals surface area (Å²) in [6, 6.07) is 25.5. The molecule has 1 aromatic heterocycles. The van der Waals surface area contributed by atoms with E-state index < -0.39 is 0 Å². The van der Waals surface area contributed by atoms with Crippen molar-refractivity contribution < 1.29 is 0 Å². The molecule has 0 aliphatic heterocycles. The number of anilines is 1. The van der Waals surface area contributed by atoms with Crippen molar-refractivity contribution in [2.24, 2.45) is 5.10 Å². The predicted octanol–water partition coefficient (Wildman–Crippen LogP) is 5.33. The first-order valence-electron chi connectivity index (χ1n) is 9.10. The van der Waals surface area contributed by atoms with E-state index in [1.165, 1.54) is 5.56 Å². The third-order valence-corrected chi connectivity index (χ3v) is 4.72. The minimum atomic E-state index is 0.347. The van der Waals surface area contributed by atoms with Gasteiger partial charge in [-0.3, -0.25) is 5.43 Å². The lowest BCUT2D eigenvalue weighted by Gasteiger charge is -2.03. The Morgan fingerprint density at radius 2 is 1.62 bits per heavy atom. The minimum absolute atomic E-state index is 0.347. The van der Waals surface area contributed by atoms with Crippen LogP contribution in [0, 0.1) is 29.6 Å². The molecule has 0 spiro atoms. The molecule has 5 heteroatoms. The number of aromatic nitrogens is 1. The van der Waals surface area contributed by atoms with Crippen LogP contribution in [0.25, 0.3) is 22.2 Å². The van der Waals surface area contributed by atoms with Gasteiger partial charge in [-0.1, -0.05) is 48.0 Å². The van der Waals surface area contributed by atoms with Gasteiger partial charge in [0.05, 0.1) is 28.7 Å². The Bertz CT molecular complexity index is 1280. The maximum atomic E-state index is 9.42. The number of hydrogen-bond donors (Lipinski definition) is 2. The summed E-state index contributed by atoms with van der Waals surface area (Å²) < 4.78 is 0. The quantitative estimate of drug-likeness (QED) is 0.373. The number of nitrogens with zero attached hydrogens (tertiary/aromatic N) is 3. The molecule has 5 nitrogen and oxygen atoms in total. The maximum absolute atomic E-state index is 9.42. The molecule has 2 N–H and O–H groups in total. The summed E-state index contributed by atoms with van der Waals surface area (Å²) in [6.07, 6.45) is 1.74. The number of H-pyrrole nitrogens is 1. The molecule has 0 saturated carbocycles. The Balaban J connectivity index is 1.86. The standard InChI is InChI=1S/C24H17N5/c1-16-7-9-17(10-8-16)24-22(15-27-29-20-5-3-2-4-6-20)21-11-18(13-25)19(14-26)12-23(21)28-24/h2-12,15,28-29H,1H3. The van der Waals surface area contributed by atoms with Gasteiger partial charge in [-0.2, -0.15) is 15.6 Å². The van der Waals surface area contributed by atoms with Gasteiger partial charge >= 0.3 is 0 Å². The van der Waals surface area contributed by atoms with Crippen LogP contribution in [-0.4, -0.2) is 11.2 Å². The highest BCUT2D eigenvalue weighted by Crippen LogP contribution is 2.31. The number of para-hydroxylation sites is 1. The van der Waals surface area contributed by atoms with E-state index in [4.69, 9.17) is 0 Å². The number of nitriles is 2. The highest BCUT2D eigenvalue weighted by Gasteiger charge is 2.15. The van der Waals surface area contributed by atoms with E-state index in [-0.39, 0.29) is 0 Å². The molecule has 29 heavy (non-hydrogen) atoms. The summed E-state index contributed by atoms with van der Waals surface area (Å²) in [7, 11) is 0. The van der Waals surface area contributed by atoms with Crippen LogP contribution in [0.2, 0.25) is 0 Å². The first-order valence-corrected chi connectivity index (χ1v) is 9.10. The molecule has 0 aliphatic carbocycles. The zero-order chi connectivity index (χ0) is 20.2. The van der Waals surface area contributed by atoms with E-state index in [0.717, 1.165) is 33.4 Å². The minimum Gasteiger partial charge on any atom is -0.354 e. The molecule has 1 heterocycles. The molecule has 0 fully saturated rings. The topological polar surface area (TPSA) is 87.8 Å². The Morgan fingerprint density at radius 1 is 0.931 bits per heavy atom. The lowest BCUT2D eigenvalue weighted by atomic mass is 10.0. The monoisotopic (exact) mass is 375 g/mol. The molecular formula is C24H17N5. The number of nitrogens with one attached hydrogen (secondary N) is 2. The summed E-state index contributed by atoms with van der Waals surface area (Å²) in [5.74, 6) is 0. The van der Waals surface area contributed by atoms with Crippen LogP contribution in [0.3, 0.4) is 0 Å². The molecule has 4 rings (SSSR count). The smallest absolute Gasteiger partial charge is 0.101 e. The molecule has 0 saturated heterocycles. The van der Waals surface area contributed by atoms with Crippen molar-refractivity contribution >= 4 is 22.8 Å². The number of rotatable bonds is 4. The van der Waals surface area contributed by atoms with Crippen molar-refractivity contribution in [3.63, 3.8) is 0 Å². The zero-order valence-electron chi connectivity index (χ0n) is 15.8. The Kier molecular flexibility index (Phi) is 4.80. The second kappa shape index (κ2) is 7.72. The highest BCUT2D eigenvalue weighted by atomic mass is 15.3. The molecule has 3 aromatic carbocycles.